The first kappa shape index (κ1) is 33.1. The summed E-state index contributed by atoms with van der Waals surface area (Å²) < 4.78 is 31.2. The topological polar surface area (TPSA) is 154 Å². The normalized spacial score (nSPS) is 24.2. The molecule has 4 aromatic carbocycles. The predicted molar refractivity (Wildman–Crippen MR) is 173 cm³/mol. The van der Waals surface area contributed by atoms with Crippen molar-refractivity contribution >= 4 is 28.5 Å². The van der Waals surface area contributed by atoms with E-state index in [0.717, 1.165) is 21.9 Å². The smallest absolute Gasteiger partial charge is 0.273 e. The van der Waals surface area contributed by atoms with Crippen LogP contribution in [0.25, 0.3) is 10.8 Å². The number of carbonyl (C=O) groups is 3. The van der Waals surface area contributed by atoms with Crippen molar-refractivity contribution < 1.29 is 43.2 Å². The van der Waals surface area contributed by atoms with Crippen molar-refractivity contribution in [1.82, 2.24) is 16.2 Å². The number of nitrogens with one attached hydrogen (secondary N) is 3. The van der Waals surface area contributed by atoms with E-state index < -0.39 is 54.9 Å². The molecule has 0 spiro atoms. The molecule has 0 radical (unpaired) electrons. The van der Waals surface area contributed by atoms with E-state index in [1.165, 1.54) is 26.0 Å². The standard InChI is InChI=1S/C36H37N3O9/c1-21(33(42)38-39-34(43)27-17-25-15-9-10-16-26(25)18-28(27)41)46-32-30(37-22(2)40)36(44-19-23-11-5-3-6-12-23)47-29-20-45-35(48-31(29)32)24-13-7-4-8-14-24/h3-18,21,29-32,35-36,41H,19-20H2,1-2H3,(H,37,40)(H,38,42)(H,39,43)/t21-,29+,30-,31-,32+,35+,36+/m1/s1. The third-order valence-corrected chi connectivity index (χ3v) is 8.18. The fourth-order valence-electron chi connectivity index (χ4n) is 5.79. The average molecular weight is 656 g/mol. The molecule has 4 aromatic rings. The van der Waals surface area contributed by atoms with Crippen molar-refractivity contribution in [3.63, 3.8) is 0 Å². The minimum atomic E-state index is -1.15. The molecule has 0 aromatic heterocycles. The second-order valence-corrected chi connectivity index (χ2v) is 11.6. The Hall–Kier alpha value is -4.85. The largest absolute Gasteiger partial charge is 0.507 e. The Morgan fingerprint density at radius 3 is 2.27 bits per heavy atom. The highest BCUT2D eigenvalue weighted by molar-refractivity contribution is 6.02. The fourth-order valence-corrected chi connectivity index (χ4v) is 5.79. The van der Waals surface area contributed by atoms with Gasteiger partial charge in [0.25, 0.3) is 11.8 Å². The van der Waals surface area contributed by atoms with Crippen LogP contribution in [-0.4, -0.2) is 66.2 Å². The second-order valence-electron chi connectivity index (χ2n) is 11.6. The number of hydrogen-bond acceptors (Lipinski definition) is 9. The van der Waals surface area contributed by atoms with E-state index in [1.54, 1.807) is 0 Å². The zero-order chi connectivity index (χ0) is 33.6. The lowest BCUT2D eigenvalue weighted by Gasteiger charge is -2.49. The molecule has 0 aliphatic carbocycles. The van der Waals surface area contributed by atoms with Crippen molar-refractivity contribution in [3.05, 3.63) is 114 Å². The third kappa shape index (κ3) is 7.64. The van der Waals surface area contributed by atoms with E-state index in [2.05, 4.69) is 16.2 Å². The van der Waals surface area contributed by atoms with Crippen molar-refractivity contribution in [1.29, 1.82) is 0 Å². The minimum Gasteiger partial charge on any atom is -0.507 e. The number of hydrazine groups is 1. The fraction of sp³-hybridized carbons (Fsp3) is 0.306. The molecule has 0 unspecified atom stereocenters. The third-order valence-electron chi connectivity index (χ3n) is 8.18. The molecular formula is C36H37N3O9. The zero-order valence-electron chi connectivity index (χ0n) is 26.4. The molecule has 2 saturated heterocycles. The molecule has 2 fully saturated rings. The van der Waals surface area contributed by atoms with E-state index in [9.17, 15) is 19.5 Å². The van der Waals surface area contributed by atoms with Gasteiger partial charge in [0.15, 0.2) is 12.6 Å². The van der Waals surface area contributed by atoms with E-state index in [1.807, 2.05) is 84.9 Å². The first-order chi connectivity index (χ1) is 23.3. The lowest BCUT2D eigenvalue weighted by molar-refractivity contribution is -0.351. The summed E-state index contributed by atoms with van der Waals surface area (Å²) in [6, 6.07) is 28.2. The van der Waals surface area contributed by atoms with Gasteiger partial charge in [-0.25, -0.2) is 0 Å². The van der Waals surface area contributed by atoms with Gasteiger partial charge < -0.3 is 34.1 Å². The maximum atomic E-state index is 13.3. The van der Waals surface area contributed by atoms with Crippen molar-refractivity contribution in [2.24, 2.45) is 0 Å². The van der Waals surface area contributed by atoms with Crippen LogP contribution >= 0.6 is 0 Å². The quantitative estimate of drug-likeness (QED) is 0.198. The first-order valence-corrected chi connectivity index (χ1v) is 15.6. The van der Waals surface area contributed by atoms with Crippen LogP contribution in [0.3, 0.4) is 0 Å². The number of phenols is 1. The number of aromatic hydroxyl groups is 1. The van der Waals surface area contributed by atoms with Gasteiger partial charge in [0.2, 0.25) is 5.91 Å². The van der Waals surface area contributed by atoms with Crippen LogP contribution in [0, 0.1) is 0 Å². The lowest BCUT2D eigenvalue weighted by atomic mass is 9.95. The Morgan fingerprint density at radius 1 is 0.896 bits per heavy atom. The Labute approximate surface area is 277 Å². The number of amides is 3. The molecule has 250 valence electrons. The monoisotopic (exact) mass is 655 g/mol. The molecule has 0 bridgehead atoms. The number of fused-ring (bicyclic) bond motifs is 2. The highest BCUT2D eigenvalue weighted by Gasteiger charge is 2.52. The van der Waals surface area contributed by atoms with Crippen LogP contribution in [0.4, 0.5) is 0 Å². The highest BCUT2D eigenvalue weighted by atomic mass is 16.8. The predicted octanol–water partition coefficient (Wildman–Crippen LogP) is 3.64. The molecule has 7 atom stereocenters. The van der Waals surface area contributed by atoms with Crippen molar-refractivity contribution in [2.75, 3.05) is 6.61 Å². The molecule has 0 saturated carbocycles. The van der Waals surface area contributed by atoms with Crippen LogP contribution in [-0.2, 0) is 39.9 Å². The number of rotatable bonds is 9. The molecule has 12 heteroatoms. The van der Waals surface area contributed by atoms with E-state index >= 15 is 0 Å². The van der Waals surface area contributed by atoms with Gasteiger partial charge in [0.05, 0.1) is 18.8 Å². The summed E-state index contributed by atoms with van der Waals surface area (Å²) in [6.07, 6.45) is -5.26. The summed E-state index contributed by atoms with van der Waals surface area (Å²) in [4.78, 5) is 38.7. The number of ether oxygens (including phenoxy) is 5. The number of hydrogen-bond donors (Lipinski definition) is 4. The van der Waals surface area contributed by atoms with Gasteiger partial charge in [-0.15, -0.1) is 0 Å². The van der Waals surface area contributed by atoms with Crippen molar-refractivity contribution in [3.8, 4) is 5.75 Å². The van der Waals surface area contributed by atoms with E-state index in [-0.39, 0.29) is 30.4 Å². The Balaban J connectivity index is 1.20. The van der Waals surface area contributed by atoms with Gasteiger partial charge in [0.1, 0.15) is 36.2 Å². The molecule has 2 aliphatic heterocycles. The Bertz CT molecular complexity index is 1740. The summed E-state index contributed by atoms with van der Waals surface area (Å²) in [5.74, 6) is -1.99. The molecule has 2 aliphatic rings. The van der Waals surface area contributed by atoms with Crippen LogP contribution in [0.15, 0.2) is 97.1 Å². The van der Waals surface area contributed by atoms with Crippen LogP contribution < -0.4 is 16.2 Å². The van der Waals surface area contributed by atoms with Gasteiger partial charge in [0, 0.05) is 12.5 Å². The summed E-state index contributed by atoms with van der Waals surface area (Å²) in [5, 5.41) is 14.8. The van der Waals surface area contributed by atoms with Gasteiger partial charge >= 0.3 is 0 Å². The van der Waals surface area contributed by atoms with Crippen LogP contribution in [0.5, 0.6) is 5.75 Å². The first-order valence-electron chi connectivity index (χ1n) is 15.6. The van der Waals surface area contributed by atoms with Gasteiger partial charge in [-0.1, -0.05) is 84.9 Å². The van der Waals surface area contributed by atoms with Crippen LogP contribution in [0.2, 0.25) is 0 Å². The Kier molecular flexibility index (Phi) is 10.3. The maximum absolute atomic E-state index is 13.3. The molecule has 2 heterocycles. The lowest BCUT2D eigenvalue weighted by Crippen LogP contribution is -2.68. The van der Waals surface area contributed by atoms with Gasteiger partial charge in [-0.3, -0.25) is 25.2 Å². The molecule has 4 N–H and O–H groups in total. The average Bonchev–Trinajstić information content (AvgIpc) is 3.10. The zero-order valence-corrected chi connectivity index (χ0v) is 26.4. The number of carbonyl (C=O) groups excluding carboxylic acids is 3. The molecule has 3 amide bonds. The number of benzene rings is 4. The summed E-state index contributed by atoms with van der Waals surface area (Å²) in [5.41, 5.74) is 6.38. The highest BCUT2D eigenvalue weighted by Crippen LogP contribution is 2.36. The molecular weight excluding hydrogens is 618 g/mol. The molecule has 12 nitrogen and oxygen atoms in total. The van der Waals surface area contributed by atoms with Gasteiger partial charge in [-0.05, 0) is 35.4 Å². The molecule has 48 heavy (non-hydrogen) atoms. The van der Waals surface area contributed by atoms with Crippen molar-refractivity contribution in [2.45, 2.75) is 63.5 Å². The summed E-state index contributed by atoms with van der Waals surface area (Å²) in [6.45, 7) is 3.19. The van der Waals surface area contributed by atoms with E-state index in [4.69, 9.17) is 23.7 Å². The summed E-state index contributed by atoms with van der Waals surface area (Å²) in [7, 11) is 0. The van der Waals surface area contributed by atoms with E-state index in [0.29, 0.717) is 0 Å². The second kappa shape index (κ2) is 14.9. The van der Waals surface area contributed by atoms with Crippen LogP contribution in [0.1, 0.15) is 41.6 Å². The number of phenolic OH excluding ortho intramolecular Hbond substituents is 1. The minimum absolute atomic E-state index is 0.0125. The van der Waals surface area contributed by atoms with Gasteiger partial charge in [-0.2, -0.15) is 0 Å². The summed E-state index contributed by atoms with van der Waals surface area (Å²) >= 11 is 0. The Morgan fingerprint density at radius 2 is 1.56 bits per heavy atom. The molecule has 6 rings (SSSR count). The maximum Gasteiger partial charge on any atom is 0.273 e. The SMILES string of the molecule is CC(=O)N[C@H]1[C@@H](OCc2ccccc2)O[C@H]2CO[C@H](c3ccccc3)O[C@H]2[C@H]1O[C@H](C)C(=O)NNC(=O)c1cc2ccccc2cc1O.